The zero-order valence-corrected chi connectivity index (χ0v) is 8.60. The molecule has 0 aromatic rings. The van der Waals surface area contributed by atoms with Gasteiger partial charge in [-0.2, -0.15) is 0 Å². The molecule has 2 N–H and O–H groups in total. The topological polar surface area (TPSA) is 27.3 Å². The Morgan fingerprint density at radius 1 is 1.15 bits per heavy atom. The molecule has 0 bridgehead atoms. The summed E-state index contributed by atoms with van der Waals surface area (Å²) in [6.45, 7) is 4.73. The molecule has 0 spiro atoms. The van der Waals surface area contributed by atoms with Crippen molar-refractivity contribution in [2.75, 3.05) is 33.2 Å². The van der Waals surface area contributed by atoms with Crippen LogP contribution in [0.25, 0.3) is 0 Å². The van der Waals surface area contributed by atoms with Gasteiger partial charge < -0.3 is 10.6 Å². The highest BCUT2D eigenvalue weighted by molar-refractivity contribution is 4.93. The number of rotatable bonds is 2. The molecule has 0 amide bonds. The fourth-order valence-electron chi connectivity index (χ4n) is 2.78. The number of hydrogen-bond acceptors (Lipinski definition) is 3. The molecule has 76 valence electrons. The smallest absolute Gasteiger partial charge is 0.0710 e. The maximum Gasteiger partial charge on any atom is 0.0710 e. The van der Waals surface area contributed by atoms with Crippen LogP contribution in [0.3, 0.4) is 0 Å². The second-order valence-electron chi connectivity index (χ2n) is 4.23. The van der Waals surface area contributed by atoms with E-state index in [9.17, 15) is 0 Å². The van der Waals surface area contributed by atoms with Gasteiger partial charge in [-0.1, -0.05) is 12.8 Å². The highest BCUT2D eigenvalue weighted by Crippen LogP contribution is 2.32. The van der Waals surface area contributed by atoms with Gasteiger partial charge in [-0.3, -0.25) is 4.90 Å². The molecule has 0 atom stereocenters. The van der Waals surface area contributed by atoms with Gasteiger partial charge in [0.2, 0.25) is 0 Å². The average molecular weight is 183 g/mol. The maximum absolute atomic E-state index is 3.55. The predicted octanol–water partition coefficient (Wildman–Crippen LogP) is 0.381. The first kappa shape index (κ1) is 9.44. The molecule has 2 rings (SSSR count). The Kier molecular flexibility index (Phi) is 2.86. The van der Waals surface area contributed by atoms with Crippen LogP contribution in [-0.2, 0) is 0 Å². The average Bonchev–Trinajstić information content (AvgIpc) is 2.69. The van der Waals surface area contributed by atoms with Crippen LogP contribution >= 0.6 is 0 Å². The van der Waals surface area contributed by atoms with Crippen molar-refractivity contribution in [1.82, 2.24) is 15.5 Å². The SMILES string of the molecule is CNC1(N2CCNCC2)CCCC1. The van der Waals surface area contributed by atoms with Crippen molar-refractivity contribution in [2.24, 2.45) is 0 Å². The van der Waals surface area contributed by atoms with Gasteiger partial charge in [0.25, 0.3) is 0 Å². The summed E-state index contributed by atoms with van der Waals surface area (Å²) >= 11 is 0. The van der Waals surface area contributed by atoms with E-state index >= 15 is 0 Å². The van der Waals surface area contributed by atoms with Crippen LogP contribution in [0, 0.1) is 0 Å². The highest BCUT2D eigenvalue weighted by atomic mass is 15.3. The lowest BCUT2D eigenvalue weighted by Gasteiger charge is -2.43. The zero-order valence-electron chi connectivity index (χ0n) is 8.60. The van der Waals surface area contributed by atoms with E-state index in [4.69, 9.17) is 0 Å². The number of nitrogens with one attached hydrogen (secondary N) is 2. The first-order valence-corrected chi connectivity index (χ1v) is 5.52. The van der Waals surface area contributed by atoms with Crippen molar-refractivity contribution in [2.45, 2.75) is 31.3 Å². The molecular formula is C10H21N3. The van der Waals surface area contributed by atoms with E-state index < -0.39 is 0 Å². The Morgan fingerprint density at radius 3 is 2.31 bits per heavy atom. The molecule has 3 nitrogen and oxygen atoms in total. The largest absolute Gasteiger partial charge is 0.314 e. The van der Waals surface area contributed by atoms with Gasteiger partial charge in [0.1, 0.15) is 0 Å². The molecule has 1 aliphatic carbocycles. The summed E-state index contributed by atoms with van der Waals surface area (Å²) in [5, 5.41) is 6.96. The fourth-order valence-corrected chi connectivity index (χ4v) is 2.78. The summed E-state index contributed by atoms with van der Waals surface area (Å²) in [6, 6.07) is 0. The molecule has 1 saturated heterocycles. The standard InChI is InChI=1S/C10H21N3/c1-11-10(4-2-3-5-10)13-8-6-12-7-9-13/h11-12H,2-9H2,1H3. The molecule has 0 radical (unpaired) electrons. The minimum absolute atomic E-state index is 0.349. The van der Waals surface area contributed by atoms with Crippen LogP contribution in [0.5, 0.6) is 0 Å². The van der Waals surface area contributed by atoms with E-state index in [-0.39, 0.29) is 0 Å². The summed E-state index contributed by atoms with van der Waals surface area (Å²) < 4.78 is 0. The maximum atomic E-state index is 3.55. The van der Waals surface area contributed by atoms with E-state index in [2.05, 4.69) is 22.6 Å². The number of nitrogens with zero attached hydrogens (tertiary/aromatic N) is 1. The van der Waals surface area contributed by atoms with E-state index in [1.807, 2.05) is 0 Å². The van der Waals surface area contributed by atoms with Gasteiger partial charge in [-0.25, -0.2) is 0 Å². The normalized spacial score (nSPS) is 29.3. The van der Waals surface area contributed by atoms with Gasteiger partial charge in [0.15, 0.2) is 0 Å². The second-order valence-corrected chi connectivity index (χ2v) is 4.23. The molecule has 2 aliphatic rings. The summed E-state index contributed by atoms with van der Waals surface area (Å²) in [6.07, 6.45) is 5.46. The number of piperazine rings is 1. The Bertz CT molecular complexity index is 158. The van der Waals surface area contributed by atoms with Crippen LogP contribution in [0.1, 0.15) is 25.7 Å². The minimum Gasteiger partial charge on any atom is -0.314 e. The summed E-state index contributed by atoms with van der Waals surface area (Å²) in [5.41, 5.74) is 0.349. The van der Waals surface area contributed by atoms with Gasteiger partial charge >= 0.3 is 0 Å². The lowest BCUT2D eigenvalue weighted by atomic mass is 10.1. The third kappa shape index (κ3) is 1.73. The zero-order chi connectivity index (χ0) is 9.15. The quantitative estimate of drug-likeness (QED) is 0.648. The monoisotopic (exact) mass is 183 g/mol. The number of hydrogen-bond donors (Lipinski definition) is 2. The van der Waals surface area contributed by atoms with Crippen molar-refractivity contribution in [3.8, 4) is 0 Å². The Hall–Kier alpha value is -0.120. The molecule has 2 fully saturated rings. The first-order chi connectivity index (χ1) is 6.37. The van der Waals surface area contributed by atoms with Gasteiger partial charge in [-0.05, 0) is 19.9 Å². The predicted molar refractivity (Wildman–Crippen MR) is 54.7 cm³/mol. The molecule has 1 aliphatic heterocycles. The molecule has 3 heteroatoms. The van der Waals surface area contributed by atoms with Crippen molar-refractivity contribution in [1.29, 1.82) is 0 Å². The summed E-state index contributed by atoms with van der Waals surface area (Å²) in [5.74, 6) is 0. The third-order valence-corrected chi connectivity index (χ3v) is 3.62. The van der Waals surface area contributed by atoms with E-state index in [1.165, 1.54) is 38.8 Å². The lowest BCUT2D eigenvalue weighted by molar-refractivity contribution is 0.0544. The Labute approximate surface area is 80.9 Å². The minimum atomic E-state index is 0.349. The second kappa shape index (κ2) is 3.95. The van der Waals surface area contributed by atoms with Gasteiger partial charge in [-0.15, -0.1) is 0 Å². The van der Waals surface area contributed by atoms with Crippen LogP contribution in [-0.4, -0.2) is 43.8 Å². The first-order valence-electron chi connectivity index (χ1n) is 5.52. The van der Waals surface area contributed by atoms with Crippen molar-refractivity contribution in [3.63, 3.8) is 0 Å². The highest BCUT2D eigenvalue weighted by Gasteiger charge is 2.38. The van der Waals surface area contributed by atoms with Crippen LogP contribution in [0.4, 0.5) is 0 Å². The third-order valence-electron chi connectivity index (χ3n) is 3.62. The Morgan fingerprint density at radius 2 is 1.77 bits per heavy atom. The van der Waals surface area contributed by atoms with Crippen molar-refractivity contribution in [3.05, 3.63) is 0 Å². The van der Waals surface area contributed by atoms with Crippen LogP contribution in [0.15, 0.2) is 0 Å². The van der Waals surface area contributed by atoms with Crippen LogP contribution in [0.2, 0.25) is 0 Å². The van der Waals surface area contributed by atoms with Crippen LogP contribution < -0.4 is 10.6 Å². The van der Waals surface area contributed by atoms with E-state index in [0.29, 0.717) is 5.66 Å². The molecule has 0 aromatic carbocycles. The van der Waals surface area contributed by atoms with Gasteiger partial charge in [0, 0.05) is 26.2 Å². The lowest BCUT2D eigenvalue weighted by Crippen LogP contribution is -2.61. The molecule has 1 heterocycles. The molecule has 0 aromatic heterocycles. The molecular weight excluding hydrogens is 162 g/mol. The Balaban J connectivity index is 2.01. The summed E-state index contributed by atoms with van der Waals surface area (Å²) in [4.78, 5) is 2.64. The van der Waals surface area contributed by atoms with E-state index in [1.54, 1.807) is 0 Å². The fraction of sp³-hybridized carbons (Fsp3) is 1.00. The molecule has 1 saturated carbocycles. The van der Waals surface area contributed by atoms with E-state index in [0.717, 1.165) is 13.1 Å². The van der Waals surface area contributed by atoms with Gasteiger partial charge in [0.05, 0.1) is 5.66 Å². The van der Waals surface area contributed by atoms with Crippen molar-refractivity contribution < 1.29 is 0 Å². The molecule has 0 unspecified atom stereocenters. The van der Waals surface area contributed by atoms with Crippen molar-refractivity contribution >= 4 is 0 Å². The molecule has 13 heavy (non-hydrogen) atoms. The summed E-state index contributed by atoms with van der Waals surface area (Å²) in [7, 11) is 2.12.